The van der Waals surface area contributed by atoms with Gasteiger partial charge in [-0.15, -0.1) is 0 Å². The minimum absolute atomic E-state index is 0.153. The number of benzene rings is 3. The lowest BCUT2D eigenvalue weighted by atomic mass is 9.91. The van der Waals surface area contributed by atoms with E-state index in [1.807, 2.05) is 30.3 Å². The molecule has 160 valence electrons. The van der Waals surface area contributed by atoms with Gasteiger partial charge in [-0.25, -0.2) is 0 Å². The van der Waals surface area contributed by atoms with Crippen LogP contribution in [-0.4, -0.2) is 29.7 Å². The van der Waals surface area contributed by atoms with Crippen LogP contribution in [-0.2, 0) is 16.1 Å². The zero-order valence-corrected chi connectivity index (χ0v) is 17.8. The van der Waals surface area contributed by atoms with Crippen molar-refractivity contribution in [1.29, 1.82) is 0 Å². The van der Waals surface area contributed by atoms with Crippen LogP contribution in [0.1, 0.15) is 34.0 Å². The largest absolute Gasteiger partial charge is 0.497 e. The fourth-order valence-corrected chi connectivity index (χ4v) is 3.63. The molecule has 1 N–H and O–H groups in total. The first-order valence-corrected chi connectivity index (χ1v) is 10.1. The van der Waals surface area contributed by atoms with Gasteiger partial charge < -0.3 is 10.1 Å². The van der Waals surface area contributed by atoms with Crippen molar-refractivity contribution < 1.29 is 19.1 Å². The SMILES string of the molecule is COc1ccc(CN2C(=O)/C(=C\c3ccc(NC(C)=O)cc3)c3ccccc3C2=O)cc1. The summed E-state index contributed by atoms with van der Waals surface area (Å²) in [5.74, 6) is -0.117. The van der Waals surface area contributed by atoms with Crippen LogP contribution in [0.4, 0.5) is 5.69 Å². The maximum atomic E-state index is 13.4. The van der Waals surface area contributed by atoms with E-state index in [1.165, 1.54) is 11.8 Å². The number of nitrogens with one attached hydrogen (secondary N) is 1. The van der Waals surface area contributed by atoms with Gasteiger partial charge in [0.1, 0.15) is 5.75 Å². The summed E-state index contributed by atoms with van der Waals surface area (Å²) in [4.78, 5) is 39.0. The molecule has 0 unspecified atom stereocenters. The van der Waals surface area contributed by atoms with Crippen LogP contribution in [0, 0.1) is 0 Å². The fraction of sp³-hybridized carbons (Fsp3) is 0.115. The van der Waals surface area contributed by atoms with E-state index in [9.17, 15) is 14.4 Å². The minimum Gasteiger partial charge on any atom is -0.497 e. The van der Waals surface area contributed by atoms with Gasteiger partial charge in [0.15, 0.2) is 0 Å². The molecule has 6 heteroatoms. The molecule has 0 spiro atoms. The number of fused-ring (bicyclic) bond motifs is 1. The van der Waals surface area contributed by atoms with Gasteiger partial charge in [-0.2, -0.15) is 0 Å². The molecule has 0 saturated carbocycles. The number of amides is 3. The van der Waals surface area contributed by atoms with Crippen LogP contribution >= 0.6 is 0 Å². The van der Waals surface area contributed by atoms with Gasteiger partial charge in [0, 0.05) is 23.7 Å². The molecule has 0 aliphatic carbocycles. The zero-order valence-electron chi connectivity index (χ0n) is 17.8. The highest BCUT2D eigenvalue weighted by Gasteiger charge is 2.34. The van der Waals surface area contributed by atoms with Crippen molar-refractivity contribution in [2.45, 2.75) is 13.5 Å². The Hall–Kier alpha value is -4.19. The average molecular weight is 426 g/mol. The maximum absolute atomic E-state index is 13.4. The van der Waals surface area contributed by atoms with Crippen LogP contribution < -0.4 is 10.1 Å². The average Bonchev–Trinajstić information content (AvgIpc) is 2.80. The summed E-state index contributed by atoms with van der Waals surface area (Å²) in [5.41, 5.74) is 3.83. The van der Waals surface area contributed by atoms with E-state index in [4.69, 9.17) is 4.74 Å². The van der Waals surface area contributed by atoms with Crippen molar-refractivity contribution >= 4 is 35.1 Å². The number of methoxy groups -OCH3 is 1. The highest BCUT2D eigenvalue weighted by molar-refractivity contribution is 6.33. The van der Waals surface area contributed by atoms with Crippen molar-refractivity contribution in [1.82, 2.24) is 4.90 Å². The monoisotopic (exact) mass is 426 g/mol. The van der Waals surface area contributed by atoms with E-state index >= 15 is 0 Å². The Labute approximate surface area is 186 Å². The molecule has 4 rings (SSSR count). The van der Waals surface area contributed by atoms with Gasteiger partial charge >= 0.3 is 0 Å². The van der Waals surface area contributed by atoms with Crippen molar-refractivity contribution in [2.24, 2.45) is 0 Å². The molecule has 1 heterocycles. The number of anilines is 1. The normalized spacial score (nSPS) is 14.3. The molecular weight excluding hydrogens is 404 g/mol. The number of hydrogen-bond acceptors (Lipinski definition) is 4. The van der Waals surface area contributed by atoms with Crippen LogP contribution in [0.15, 0.2) is 72.8 Å². The molecule has 3 aromatic carbocycles. The fourth-order valence-electron chi connectivity index (χ4n) is 3.63. The second-order valence-corrected chi connectivity index (χ2v) is 7.45. The van der Waals surface area contributed by atoms with Crippen LogP contribution in [0.2, 0.25) is 0 Å². The zero-order chi connectivity index (χ0) is 22.7. The molecule has 0 bridgehead atoms. The molecule has 0 aromatic heterocycles. The molecular formula is C26H22N2O4. The minimum atomic E-state index is -0.351. The number of hydrogen-bond donors (Lipinski definition) is 1. The standard InChI is InChI=1S/C26H22N2O4/c1-17(29)27-20-11-7-18(8-12-20)15-24-22-5-3-4-6-23(22)25(30)28(26(24)31)16-19-9-13-21(32-2)14-10-19/h3-15H,16H2,1-2H3,(H,27,29)/b24-15-. The number of carbonyl (C=O) groups is 3. The lowest BCUT2D eigenvalue weighted by Crippen LogP contribution is -2.41. The summed E-state index contributed by atoms with van der Waals surface area (Å²) >= 11 is 0. The van der Waals surface area contributed by atoms with Crippen molar-refractivity contribution in [2.75, 3.05) is 12.4 Å². The maximum Gasteiger partial charge on any atom is 0.261 e. The van der Waals surface area contributed by atoms with Gasteiger partial charge in [0.25, 0.3) is 11.8 Å². The number of rotatable bonds is 5. The first kappa shape index (κ1) is 21.1. The quantitative estimate of drug-likeness (QED) is 0.485. The first-order chi connectivity index (χ1) is 15.5. The highest BCUT2D eigenvalue weighted by Crippen LogP contribution is 2.31. The van der Waals surface area contributed by atoms with Crippen LogP contribution in [0.25, 0.3) is 11.6 Å². The highest BCUT2D eigenvalue weighted by atomic mass is 16.5. The third kappa shape index (κ3) is 4.30. The summed E-state index contributed by atoms with van der Waals surface area (Å²) in [7, 11) is 1.59. The molecule has 0 atom stereocenters. The summed E-state index contributed by atoms with van der Waals surface area (Å²) in [6.45, 7) is 1.61. The number of ether oxygens (including phenoxy) is 1. The van der Waals surface area contributed by atoms with Gasteiger partial charge in [-0.3, -0.25) is 19.3 Å². The lowest BCUT2D eigenvalue weighted by Gasteiger charge is -2.29. The predicted octanol–water partition coefficient (Wildman–Crippen LogP) is 4.38. The second kappa shape index (κ2) is 8.89. The third-order valence-electron chi connectivity index (χ3n) is 5.21. The molecule has 3 amide bonds. The van der Waals surface area contributed by atoms with Crippen LogP contribution in [0.5, 0.6) is 5.75 Å². The Bertz CT molecular complexity index is 1210. The Morgan fingerprint density at radius 1 is 0.906 bits per heavy atom. The Balaban J connectivity index is 1.70. The first-order valence-electron chi connectivity index (χ1n) is 10.1. The van der Waals surface area contributed by atoms with Crippen molar-refractivity contribution in [3.05, 3.63) is 95.1 Å². The summed E-state index contributed by atoms with van der Waals surface area (Å²) in [6, 6.07) is 21.6. The number of carbonyl (C=O) groups excluding carboxylic acids is 3. The predicted molar refractivity (Wildman–Crippen MR) is 123 cm³/mol. The number of imide groups is 1. The molecule has 1 aliphatic heterocycles. The van der Waals surface area contributed by atoms with Gasteiger partial charge in [-0.1, -0.05) is 42.5 Å². The van der Waals surface area contributed by atoms with E-state index in [0.717, 1.165) is 11.1 Å². The Kier molecular flexibility index (Phi) is 5.85. The summed E-state index contributed by atoms with van der Waals surface area (Å²) < 4.78 is 5.18. The number of nitrogens with zero attached hydrogens (tertiary/aromatic N) is 1. The Morgan fingerprint density at radius 3 is 2.19 bits per heavy atom. The summed E-state index contributed by atoms with van der Waals surface area (Å²) in [5, 5.41) is 2.72. The molecule has 1 aliphatic rings. The second-order valence-electron chi connectivity index (χ2n) is 7.45. The van der Waals surface area contributed by atoms with Crippen molar-refractivity contribution in [3.8, 4) is 5.75 Å². The van der Waals surface area contributed by atoms with Crippen molar-refractivity contribution in [3.63, 3.8) is 0 Å². The topological polar surface area (TPSA) is 75.7 Å². The van der Waals surface area contributed by atoms with E-state index in [2.05, 4.69) is 5.32 Å². The molecule has 0 radical (unpaired) electrons. The van der Waals surface area contributed by atoms with Crippen LogP contribution in [0.3, 0.4) is 0 Å². The third-order valence-corrected chi connectivity index (χ3v) is 5.21. The van der Waals surface area contributed by atoms with Gasteiger partial charge in [0.2, 0.25) is 5.91 Å². The molecule has 6 nitrogen and oxygen atoms in total. The van der Waals surface area contributed by atoms with E-state index in [1.54, 1.807) is 55.7 Å². The molecule has 3 aromatic rings. The smallest absolute Gasteiger partial charge is 0.261 e. The van der Waals surface area contributed by atoms with E-state index < -0.39 is 0 Å². The summed E-state index contributed by atoms with van der Waals surface area (Å²) in [6.07, 6.45) is 1.77. The molecule has 0 saturated heterocycles. The van der Waals surface area contributed by atoms with E-state index in [-0.39, 0.29) is 24.3 Å². The van der Waals surface area contributed by atoms with Gasteiger partial charge in [0.05, 0.1) is 13.7 Å². The Morgan fingerprint density at radius 2 is 1.56 bits per heavy atom. The molecule has 32 heavy (non-hydrogen) atoms. The van der Waals surface area contributed by atoms with E-state index in [0.29, 0.717) is 28.1 Å². The lowest BCUT2D eigenvalue weighted by molar-refractivity contribution is -0.123. The molecule has 0 fully saturated rings. The van der Waals surface area contributed by atoms with Gasteiger partial charge in [-0.05, 0) is 53.1 Å².